The van der Waals surface area contributed by atoms with Gasteiger partial charge in [0.1, 0.15) is 17.1 Å². The molecule has 0 bridgehead atoms. The van der Waals surface area contributed by atoms with Crippen LogP contribution in [0.15, 0.2) is 30.5 Å². The maximum Gasteiger partial charge on any atom is 0.254 e. The Kier molecular flexibility index (Phi) is 5.23. The summed E-state index contributed by atoms with van der Waals surface area (Å²) in [6.45, 7) is 7.18. The highest BCUT2D eigenvalue weighted by Crippen LogP contribution is 2.23. The van der Waals surface area contributed by atoms with Crippen LogP contribution in [-0.2, 0) is 6.54 Å². The number of aromatic nitrogens is 2. The Morgan fingerprint density at radius 3 is 3.16 bits per heavy atom. The molecule has 1 aliphatic rings. The fraction of sp³-hybridized carbons (Fsp3) is 0.444. The summed E-state index contributed by atoms with van der Waals surface area (Å²) in [5.41, 5.74) is 7.01. The van der Waals surface area contributed by atoms with Crippen LogP contribution in [0.3, 0.4) is 0 Å². The van der Waals surface area contributed by atoms with Crippen molar-refractivity contribution in [1.29, 1.82) is 0 Å². The highest BCUT2D eigenvalue weighted by atomic mass is 16.5. The summed E-state index contributed by atoms with van der Waals surface area (Å²) in [5.74, 6) is 1.55. The van der Waals surface area contributed by atoms with Crippen LogP contribution in [-0.4, -0.2) is 35.4 Å². The average molecular weight is 343 g/mol. The molecule has 1 aromatic carbocycles. The maximum atomic E-state index is 11.4. The normalized spacial score (nSPS) is 17.4. The number of nitrogens with one attached hydrogen (secondary N) is 2. The number of rotatable bonds is 7. The first kappa shape index (κ1) is 17.3. The number of amides is 1. The molecule has 2 heterocycles. The van der Waals surface area contributed by atoms with E-state index in [1.165, 1.54) is 11.8 Å². The van der Waals surface area contributed by atoms with Gasteiger partial charge >= 0.3 is 0 Å². The SMILES string of the molecule is CCOc1cccc(C(C)NCC2CNc3c(C(N)=O)cnn3C2)c1. The molecule has 0 saturated carbocycles. The molecule has 1 aromatic heterocycles. The van der Waals surface area contributed by atoms with Crippen LogP contribution in [0.4, 0.5) is 5.82 Å². The van der Waals surface area contributed by atoms with Gasteiger partial charge in [0, 0.05) is 31.6 Å². The van der Waals surface area contributed by atoms with E-state index in [1.54, 1.807) is 0 Å². The van der Waals surface area contributed by atoms with Crippen molar-refractivity contribution in [2.45, 2.75) is 26.4 Å². The van der Waals surface area contributed by atoms with Gasteiger partial charge in [0.05, 0.1) is 12.8 Å². The zero-order valence-electron chi connectivity index (χ0n) is 14.7. The van der Waals surface area contributed by atoms with Crippen molar-refractivity contribution in [2.75, 3.05) is 25.0 Å². The molecule has 0 fully saturated rings. The average Bonchev–Trinajstić information content (AvgIpc) is 3.03. The van der Waals surface area contributed by atoms with Crippen LogP contribution in [0.25, 0.3) is 0 Å². The topological polar surface area (TPSA) is 94.2 Å². The number of primary amides is 1. The van der Waals surface area contributed by atoms with E-state index >= 15 is 0 Å². The lowest BCUT2D eigenvalue weighted by molar-refractivity contribution is 0.100. The Morgan fingerprint density at radius 2 is 2.40 bits per heavy atom. The first-order chi connectivity index (χ1) is 12.1. The van der Waals surface area contributed by atoms with Gasteiger partial charge in [0.2, 0.25) is 0 Å². The monoisotopic (exact) mass is 343 g/mol. The molecule has 1 aliphatic heterocycles. The largest absolute Gasteiger partial charge is 0.494 e. The lowest BCUT2D eigenvalue weighted by atomic mass is 10.0. The standard InChI is InChI=1S/C18H25N5O2/c1-3-25-15-6-4-5-14(7-15)12(2)20-8-13-9-21-18-16(17(19)24)10-22-23(18)11-13/h4-7,10,12-13,20-21H,3,8-9,11H2,1-2H3,(H2,19,24). The first-order valence-corrected chi connectivity index (χ1v) is 8.64. The van der Waals surface area contributed by atoms with Gasteiger partial charge in [-0.1, -0.05) is 12.1 Å². The number of hydrogen-bond donors (Lipinski definition) is 3. The molecule has 3 rings (SSSR count). The smallest absolute Gasteiger partial charge is 0.254 e. The van der Waals surface area contributed by atoms with Gasteiger partial charge in [-0.3, -0.25) is 4.79 Å². The van der Waals surface area contributed by atoms with Crippen molar-refractivity contribution >= 4 is 11.7 Å². The molecule has 0 radical (unpaired) electrons. The minimum absolute atomic E-state index is 0.223. The van der Waals surface area contributed by atoms with E-state index in [-0.39, 0.29) is 6.04 Å². The quantitative estimate of drug-likeness (QED) is 0.712. The number of carbonyl (C=O) groups excluding carboxylic acids is 1. The second kappa shape index (κ2) is 7.57. The number of nitrogens with two attached hydrogens (primary N) is 1. The van der Waals surface area contributed by atoms with E-state index in [9.17, 15) is 4.79 Å². The van der Waals surface area contributed by atoms with Crippen molar-refractivity contribution in [3.63, 3.8) is 0 Å². The second-order valence-corrected chi connectivity index (χ2v) is 6.34. The van der Waals surface area contributed by atoms with Crippen LogP contribution in [0.2, 0.25) is 0 Å². The Bertz CT molecular complexity index is 743. The number of ether oxygens (including phenoxy) is 1. The highest BCUT2D eigenvalue weighted by molar-refractivity contribution is 5.97. The van der Waals surface area contributed by atoms with Gasteiger partial charge in [0.15, 0.2) is 0 Å². The van der Waals surface area contributed by atoms with Crippen molar-refractivity contribution in [1.82, 2.24) is 15.1 Å². The maximum absolute atomic E-state index is 11.4. The predicted molar refractivity (Wildman–Crippen MR) is 96.8 cm³/mol. The van der Waals surface area contributed by atoms with Crippen LogP contribution < -0.4 is 21.1 Å². The van der Waals surface area contributed by atoms with Gasteiger partial charge in [0.25, 0.3) is 5.91 Å². The Balaban J connectivity index is 1.57. The molecule has 25 heavy (non-hydrogen) atoms. The molecule has 134 valence electrons. The summed E-state index contributed by atoms with van der Waals surface area (Å²) in [6, 6.07) is 8.39. The first-order valence-electron chi connectivity index (χ1n) is 8.64. The molecule has 7 heteroatoms. The molecule has 7 nitrogen and oxygen atoms in total. The van der Waals surface area contributed by atoms with Gasteiger partial charge < -0.3 is 21.1 Å². The number of carbonyl (C=O) groups is 1. The van der Waals surface area contributed by atoms with Gasteiger partial charge in [-0.15, -0.1) is 0 Å². The van der Waals surface area contributed by atoms with Crippen molar-refractivity contribution in [3.05, 3.63) is 41.6 Å². The molecular formula is C18H25N5O2. The summed E-state index contributed by atoms with van der Waals surface area (Å²) in [7, 11) is 0. The molecular weight excluding hydrogens is 318 g/mol. The number of anilines is 1. The van der Waals surface area contributed by atoms with E-state index < -0.39 is 5.91 Å². The third-order valence-corrected chi connectivity index (χ3v) is 4.48. The van der Waals surface area contributed by atoms with Crippen molar-refractivity contribution < 1.29 is 9.53 Å². The summed E-state index contributed by atoms with van der Waals surface area (Å²) in [5, 5.41) is 11.1. The van der Waals surface area contributed by atoms with E-state index in [0.717, 1.165) is 31.2 Å². The number of hydrogen-bond acceptors (Lipinski definition) is 5. The summed E-state index contributed by atoms with van der Waals surface area (Å²) >= 11 is 0. The van der Waals surface area contributed by atoms with Crippen LogP contribution in [0.1, 0.15) is 35.8 Å². The summed E-state index contributed by atoms with van der Waals surface area (Å²) in [4.78, 5) is 11.4. The van der Waals surface area contributed by atoms with Gasteiger partial charge in [-0.2, -0.15) is 5.10 Å². The molecule has 2 unspecified atom stereocenters. The lowest BCUT2D eigenvalue weighted by Crippen LogP contribution is -2.36. The number of nitrogens with zero attached hydrogens (tertiary/aromatic N) is 2. The third-order valence-electron chi connectivity index (χ3n) is 4.48. The molecule has 2 atom stereocenters. The Hall–Kier alpha value is -2.54. The molecule has 4 N–H and O–H groups in total. The summed E-state index contributed by atoms with van der Waals surface area (Å²) < 4.78 is 7.38. The van der Waals surface area contributed by atoms with E-state index in [0.29, 0.717) is 18.1 Å². The minimum Gasteiger partial charge on any atom is -0.494 e. The van der Waals surface area contributed by atoms with Crippen LogP contribution in [0.5, 0.6) is 5.75 Å². The molecule has 1 amide bonds. The fourth-order valence-corrected chi connectivity index (χ4v) is 3.08. The van der Waals surface area contributed by atoms with Gasteiger partial charge in [-0.25, -0.2) is 4.68 Å². The van der Waals surface area contributed by atoms with E-state index in [2.05, 4.69) is 34.8 Å². The second-order valence-electron chi connectivity index (χ2n) is 6.34. The van der Waals surface area contributed by atoms with Crippen molar-refractivity contribution in [3.8, 4) is 5.75 Å². The van der Waals surface area contributed by atoms with Crippen LogP contribution in [0, 0.1) is 5.92 Å². The number of fused-ring (bicyclic) bond motifs is 1. The highest BCUT2D eigenvalue weighted by Gasteiger charge is 2.23. The zero-order valence-corrected chi connectivity index (χ0v) is 14.7. The van der Waals surface area contributed by atoms with Crippen LogP contribution >= 0.6 is 0 Å². The molecule has 0 spiro atoms. The van der Waals surface area contributed by atoms with E-state index in [4.69, 9.17) is 10.5 Å². The fourth-order valence-electron chi connectivity index (χ4n) is 3.08. The molecule has 0 saturated heterocycles. The lowest BCUT2D eigenvalue weighted by Gasteiger charge is -2.27. The molecule has 0 aliphatic carbocycles. The number of benzene rings is 1. The third kappa shape index (κ3) is 3.93. The summed E-state index contributed by atoms with van der Waals surface area (Å²) in [6.07, 6.45) is 1.53. The van der Waals surface area contributed by atoms with E-state index in [1.807, 2.05) is 23.7 Å². The molecule has 2 aromatic rings. The predicted octanol–water partition coefficient (Wildman–Crippen LogP) is 1.77. The van der Waals surface area contributed by atoms with Crippen molar-refractivity contribution in [2.24, 2.45) is 11.7 Å². The Labute approximate surface area is 147 Å². The zero-order chi connectivity index (χ0) is 17.8. The van der Waals surface area contributed by atoms with Gasteiger partial charge in [-0.05, 0) is 31.5 Å². The Morgan fingerprint density at radius 1 is 1.56 bits per heavy atom. The minimum atomic E-state index is -0.451.